The Kier molecular flexibility index (Phi) is 3.46. The molecule has 1 fully saturated rings. The van der Waals surface area contributed by atoms with Gasteiger partial charge in [-0.15, -0.1) is 0 Å². The van der Waals surface area contributed by atoms with Crippen molar-refractivity contribution in [2.24, 2.45) is 10.9 Å². The Hall–Kier alpha value is -1.99. The number of ketones is 1. The van der Waals surface area contributed by atoms with Gasteiger partial charge in [0.1, 0.15) is 11.1 Å². The molecule has 2 atom stereocenters. The number of benzene rings is 1. The van der Waals surface area contributed by atoms with Crippen molar-refractivity contribution in [2.45, 2.75) is 38.3 Å². The quantitative estimate of drug-likeness (QED) is 0.600. The molecule has 0 aromatic heterocycles. The molecule has 1 aliphatic carbocycles. The smallest absolute Gasteiger partial charge is 0.460 e. The number of carbonyl (C=O) groups is 2. The van der Waals surface area contributed by atoms with Gasteiger partial charge in [-0.25, -0.2) is 0 Å². The Balaban J connectivity index is 1.97. The molecule has 1 saturated carbocycles. The number of Topliss-reactive ketones (excluding diaryl/α,β-unsaturated/α-hetero) is 1. The molecule has 0 amide bonds. The largest absolute Gasteiger partial charge is 0.488 e. The van der Waals surface area contributed by atoms with Gasteiger partial charge in [-0.05, 0) is 38.2 Å². The van der Waals surface area contributed by atoms with Crippen molar-refractivity contribution >= 4 is 30.5 Å². The highest BCUT2D eigenvalue weighted by Crippen LogP contribution is 2.58. The lowest BCUT2D eigenvalue weighted by Gasteiger charge is -2.23. The summed E-state index contributed by atoms with van der Waals surface area (Å²) in [5, 5.41) is 18.7. The number of carbonyl (C=O) groups excluding carboxylic acids is 2. The summed E-state index contributed by atoms with van der Waals surface area (Å²) >= 11 is 0. The van der Waals surface area contributed by atoms with E-state index < -0.39 is 24.2 Å². The molecule has 1 aromatic carbocycles. The average molecular weight is 315 g/mol. The van der Waals surface area contributed by atoms with Crippen molar-refractivity contribution in [1.29, 1.82) is 0 Å². The molecule has 7 heteroatoms. The first-order chi connectivity index (χ1) is 10.6. The third-order valence-electron chi connectivity index (χ3n) is 4.11. The zero-order valence-corrected chi connectivity index (χ0v) is 13.2. The van der Waals surface area contributed by atoms with E-state index in [1.54, 1.807) is 32.9 Å². The van der Waals surface area contributed by atoms with Crippen LogP contribution in [0.2, 0.25) is 0 Å². The van der Waals surface area contributed by atoms with Crippen LogP contribution in [0.15, 0.2) is 23.2 Å². The lowest BCUT2D eigenvalue weighted by molar-refractivity contribution is -0.157. The van der Waals surface area contributed by atoms with E-state index in [4.69, 9.17) is 4.74 Å². The van der Waals surface area contributed by atoms with Gasteiger partial charge in [-0.1, -0.05) is 18.2 Å². The summed E-state index contributed by atoms with van der Waals surface area (Å²) in [6.07, 6.45) is 1.69. The Morgan fingerprint density at radius 1 is 1.39 bits per heavy atom. The number of ether oxygens (including phenoxy) is 1. The third-order valence-corrected chi connectivity index (χ3v) is 4.11. The van der Waals surface area contributed by atoms with Crippen LogP contribution in [0.25, 0.3) is 0 Å². The molecule has 2 aliphatic rings. The summed E-state index contributed by atoms with van der Waals surface area (Å²) < 4.78 is 5.41. The number of esters is 1. The average Bonchev–Trinajstić information content (AvgIpc) is 3.17. The minimum absolute atomic E-state index is 0.251. The predicted molar refractivity (Wildman–Crippen MR) is 84.7 cm³/mol. The molecule has 3 rings (SSSR count). The van der Waals surface area contributed by atoms with E-state index in [2.05, 4.69) is 4.99 Å². The Morgan fingerprint density at radius 3 is 2.70 bits per heavy atom. The third kappa shape index (κ3) is 2.70. The van der Waals surface area contributed by atoms with E-state index in [0.29, 0.717) is 17.5 Å². The summed E-state index contributed by atoms with van der Waals surface area (Å²) in [5.74, 6) is -1.07. The number of aliphatic imine (C=N–C) groups is 1. The fourth-order valence-electron chi connectivity index (χ4n) is 2.95. The standard InChI is InChI=1S/C16H18BNO5/c1-15(2,3)23-14(20)12-7-16(12)11-6-9(17(21)22)4-5-10(11)13(19)8-18-16/h4-6,8,12,21-22H,7H2,1-3H3. The van der Waals surface area contributed by atoms with Crippen molar-refractivity contribution in [3.8, 4) is 0 Å². The Morgan fingerprint density at radius 2 is 2.09 bits per heavy atom. The van der Waals surface area contributed by atoms with Gasteiger partial charge >= 0.3 is 13.1 Å². The van der Waals surface area contributed by atoms with Crippen LogP contribution in [-0.4, -0.2) is 40.7 Å². The maximum Gasteiger partial charge on any atom is 0.488 e. The second-order valence-electron chi connectivity index (χ2n) is 7.02. The predicted octanol–water partition coefficient (Wildman–Crippen LogP) is 0.190. The Bertz CT molecular complexity index is 722. The van der Waals surface area contributed by atoms with Crippen LogP contribution in [0.4, 0.5) is 0 Å². The van der Waals surface area contributed by atoms with E-state index in [0.717, 1.165) is 0 Å². The second kappa shape index (κ2) is 5.01. The maximum absolute atomic E-state index is 12.3. The summed E-state index contributed by atoms with van der Waals surface area (Å²) in [4.78, 5) is 28.6. The van der Waals surface area contributed by atoms with E-state index in [1.807, 2.05) is 0 Å². The topological polar surface area (TPSA) is 96.2 Å². The zero-order valence-electron chi connectivity index (χ0n) is 13.2. The highest BCUT2D eigenvalue weighted by Gasteiger charge is 2.63. The highest BCUT2D eigenvalue weighted by molar-refractivity contribution is 6.58. The molecule has 0 radical (unpaired) electrons. The van der Waals surface area contributed by atoms with Crippen LogP contribution in [0.5, 0.6) is 0 Å². The van der Waals surface area contributed by atoms with E-state index in [-0.39, 0.29) is 17.2 Å². The lowest BCUT2D eigenvalue weighted by atomic mass is 9.76. The number of nitrogens with zero attached hydrogens (tertiary/aromatic N) is 1. The van der Waals surface area contributed by atoms with E-state index in [9.17, 15) is 19.6 Å². The second-order valence-corrected chi connectivity index (χ2v) is 7.02. The van der Waals surface area contributed by atoms with Crippen molar-refractivity contribution < 1.29 is 24.4 Å². The summed E-state index contributed by atoms with van der Waals surface area (Å²) in [6.45, 7) is 5.38. The molecule has 1 heterocycles. The molecule has 6 nitrogen and oxygen atoms in total. The number of hydrogen-bond acceptors (Lipinski definition) is 6. The van der Waals surface area contributed by atoms with Crippen LogP contribution in [0.1, 0.15) is 43.1 Å². The Labute approximate surface area is 134 Å². The molecule has 1 aliphatic heterocycles. The molecule has 0 bridgehead atoms. The van der Waals surface area contributed by atoms with Crippen LogP contribution >= 0.6 is 0 Å². The van der Waals surface area contributed by atoms with Gasteiger partial charge in [0.25, 0.3) is 0 Å². The zero-order chi connectivity index (χ0) is 17.0. The van der Waals surface area contributed by atoms with Gasteiger partial charge in [0.15, 0.2) is 0 Å². The number of rotatable bonds is 2. The molecular weight excluding hydrogens is 297 g/mol. The maximum atomic E-state index is 12.3. The van der Waals surface area contributed by atoms with Crippen LogP contribution < -0.4 is 5.46 Å². The number of hydrogen-bond donors (Lipinski definition) is 2. The SMILES string of the molecule is CC(C)(C)OC(=O)C1CC12N=CC(=O)c1ccc(B(O)O)cc12. The molecular formula is C16H18BNO5. The molecule has 1 spiro atoms. The first kappa shape index (κ1) is 15.9. The first-order valence-electron chi connectivity index (χ1n) is 7.47. The molecule has 2 N–H and O–H groups in total. The fraction of sp³-hybridized carbons (Fsp3) is 0.438. The molecule has 23 heavy (non-hydrogen) atoms. The van der Waals surface area contributed by atoms with Gasteiger partial charge in [0, 0.05) is 5.56 Å². The minimum Gasteiger partial charge on any atom is -0.460 e. The van der Waals surface area contributed by atoms with Gasteiger partial charge in [-0.2, -0.15) is 0 Å². The van der Waals surface area contributed by atoms with Crippen molar-refractivity contribution in [3.63, 3.8) is 0 Å². The van der Waals surface area contributed by atoms with Crippen molar-refractivity contribution in [1.82, 2.24) is 0 Å². The summed E-state index contributed by atoms with van der Waals surface area (Å²) in [5.41, 5.74) is -0.151. The number of fused-ring (bicyclic) bond motifs is 2. The minimum atomic E-state index is -1.64. The first-order valence-corrected chi connectivity index (χ1v) is 7.47. The van der Waals surface area contributed by atoms with Gasteiger partial charge < -0.3 is 14.8 Å². The fourth-order valence-corrected chi connectivity index (χ4v) is 2.95. The van der Waals surface area contributed by atoms with Crippen LogP contribution in [0, 0.1) is 5.92 Å². The monoisotopic (exact) mass is 315 g/mol. The molecule has 120 valence electrons. The van der Waals surface area contributed by atoms with Crippen molar-refractivity contribution in [2.75, 3.05) is 0 Å². The molecule has 2 unspecified atom stereocenters. The highest BCUT2D eigenvalue weighted by atomic mass is 16.6. The normalized spacial score (nSPS) is 25.3. The van der Waals surface area contributed by atoms with E-state index >= 15 is 0 Å². The molecule has 0 saturated heterocycles. The van der Waals surface area contributed by atoms with Crippen molar-refractivity contribution in [3.05, 3.63) is 29.3 Å². The van der Waals surface area contributed by atoms with Gasteiger partial charge in [0.05, 0.1) is 12.1 Å². The lowest BCUT2D eigenvalue weighted by Crippen LogP contribution is -2.33. The van der Waals surface area contributed by atoms with Crippen LogP contribution in [0.3, 0.4) is 0 Å². The van der Waals surface area contributed by atoms with Gasteiger partial charge in [-0.3, -0.25) is 14.6 Å². The summed E-state index contributed by atoms with van der Waals surface area (Å²) in [6, 6.07) is 4.57. The van der Waals surface area contributed by atoms with Gasteiger partial charge in [0.2, 0.25) is 5.78 Å². The summed E-state index contributed by atoms with van der Waals surface area (Å²) in [7, 11) is -1.64. The van der Waals surface area contributed by atoms with E-state index in [1.165, 1.54) is 12.3 Å². The molecule has 1 aromatic rings. The van der Waals surface area contributed by atoms with Crippen LogP contribution in [-0.2, 0) is 15.1 Å².